The van der Waals surface area contributed by atoms with Crippen LogP contribution in [0.5, 0.6) is 0 Å². The lowest BCUT2D eigenvalue weighted by atomic mass is 9.72. The Morgan fingerprint density at radius 1 is 1.25 bits per heavy atom. The van der Waals surface area contributed by atoms with Crippen LogP contribution in [0.25, 0.3) is 0 Å². The number of nitrogens with zero attached hydrogens (tertiary/aromatic N) is 1. The summed E-state index contributed by atoms with van der Waals surface area (Å²) in [6.07, 6.45) is 2.02. The third-order valence-corrected chi connectivity index (χ3v) is 5.68. The van der Waals surface area contributed by atoms with E-state index in [-0.39, 0.29) is 10.8 Å². The van der Waals surface area contributed by atoms with E-state index >= 15 is 0 Å². The van der Waals surface area contributed by atoms with E-state index in [1.165, 1.54) is 6.07 Å². The number of carbonyl (C=O) groups is 2. The van der Waals surface area contributed by atoms with E-state index < -0.39 is 5.97 Å². The lowest BCUT2D eigenvalue weighted by Gasteiger charge is -2.42. The predicted octanol–water partition coefficient (Wildman–Crippen LogP) is 3.34. The second-order valence-corrected chi connectivity index (χ2v) is 7.15. The maximum Gasteiger partial charge on any atom is 0.345 e. The van der Waals surface area contributed by atoms with Crippen molar-refractivity contribution >= 4 is 23.2 Å². The molecule has 1 saturated heterocycles. The molecular weight excluding hydrogens is 274 g/mol. The fourth-order valence-electron chi connectivity index (χ4n) is 2.52. The number of hydrogen-bond acceptors (Lipinski definition) is 3. The van der Waals surface area contributed by atoms with Crippen LogP contribution in [0.4, 0.5) is 0 Å². The van der Waals surface area contributed by atoms with Crippen LogP contribution in [0.2, 0.25) is 0 Å². The van der Waals surface area contributed by atoms with Gasteiger partial charge < -0.3 is 10.0 Å². The third kappa shape index (κ3) is 2.87. The number of hydrogen-bond donors (Lipinski definition) is 1. The van der Waals surface area contributed by atoms with Gasteiger partial charge in [-0.1, -0.05) is 20.8 Å². The summed E-state index contributed by atoms with van der Waals surface area (Å²) in [4.78, 5) is 25.8. The van der Waals surface area contributed by atoms with Crippen LogP contribution in [0, 0.1) is 11.3 Å². The average Bonchev–Trinajstić information content (AvgIpc) is 2.88. The van der Waals surface area contributed by atoms with E-state index in [0.717, 1.165) is 37.3 Å². The van der Waals surface area contributed by atoms with Crippen LogP contribution in [0.15, 0.2) is 12.1 Å². The SMILES string of the molecule is CC(C)C1(C)CCN(C(=O)c2ccc(C(=O)O)s2)CC1. The van der Waals surface area contributed by atoms with Crippen molar-refractivity contribution in [3.8, 4) is 0 Å². The van der Waals surface area contributed by atoms with Crippen molar-refractivity contribution in [3.63, 3.8) is 0 Å². The van der Waals surface area contributed by atoms with E-state index in [1.54, 1.807) is 6.07 Å². The Balaban J connectivity index is 2.03. The molecule has 1 aliphatic rings. The molecule has 4 nitrogen and oxygen atoms in total. The van der Waals surface area contributed by atoms with Gasteiger partial charge in [0.1, 0.15) is 4.88 Å². The van der Waals surface area contributed by atoms with Gasteiger partial charge in [-0.15, -0.1) is 11.3 Å². The summed E-state index contributed by atoms with van der Waals surface area (Å²) in [5.41, 5.74) is 0.304. The van der Waals surface area contributed by atoms with Crippen molar-refractivity contribution < 1.29 is 14.7 Å². The molecule has 1 aliphatic heterocycles. The molecule has 0 spiro atoms. The van der Waals surface area contributed by atoms with Gasteiger partial charge in [0.2, 0.25) is 0 Å². The minimum absolute atomic E-state index is 0.0340. The summed E-state index contributed by atoms with van der Waals surface area (Å²) in [6, 6.07) is 3.12. The summed E-state index contributed by atoms with van der Waals surface area (Å²) in [7, 11) is 0. The maximum absolute atomic E-state index is 12.4. The highest BCUT2D eigenvalue weighted by Gasteiger charge is 2.34. The number of carbonyl (C=O) groups excluding carboxylic acids is 1. The fraction of sp³-hybridized carbons (Fsp3) is 0.600. The molecule has 0 saturated carbocycles. The number of thiophene rings is 1. The molecule has 1 fully saturated rings. The molecule has 1 amide bonds. The molecule has 5 heteroatoms. The van der Waals surface area contributed by atoms with Gasteiger partial charge >= 0.3 is 5.97 Å². The Morgan fingerprint density at radius 3 is 2.25 bits per heavy atom. The second kappa shape index (κ2) is 5.56. The van der Waals surface area contributed by atoms with Crippen LogP contribution in [-0.2, 0) is 0 Å². The quantitative estimate of drug-likeness (QED) is 0.930. The second-order valence-electron chi connectivity index (χ2n) is 6.07. The standard InChI is InChI=1S/C15H21NO3S/c1-10(2)15(3)6-8-16(9-7-15)13(17)11-4-5-12(20-11)14(18)19/h4-5,10H,6-9H2,1-3H3,(H,18,19). The summed E-state index contributed by atoms with van der Waals surface area (Å²) >= 11 is 1.06. The summed E-state index contributed by atoms with van der Waals surface area (Å²) in [5.74, 6) is -0.395. The minimum Gasteiger partial charge on any atom is -0.477 e. The molecule has 0 aliphatic carbocycles. The molecule has 110 valence electrons. The van der Waals surface area contributed by atoms with Gasteiger partial charge in [0, 0.05) is 13.1 Å². The molecular formula is C15H21NO3S. The number of amides is 1. The molecule has 1 aromatic rings. The number of carboxylic acid groups (broad SMARTS) is 1. The van der Waals surface area contributed by atoms with Gasteiger partial charge in [0.05, 0.1) is 4.88 Å². The van der Waals surface area contributed by atoms with E-state index in [9.17, 15) is 9.59 Å². The Kier molecular flexibility index (Phi) is 4.18. The first-order valence-electron chi connectivity index (χ1n) is 6.96. The number of likely N-dealkylation sites (tertiary alicyclic amines) is 1. The Hall–Kier alpha value is -1.36. The summed E-state index contributed by atoms with van der Waals surface area (Å²) in [6.45, 7) is 8.26. The molecule has 0 aromatic carbocycles. The largest absolute Gasteiger partial charge is 0.477 e. The average molecular weight is 295 g/mol. The van der Waals surface area contributed by atoms with Crippen molar-refractivity contribution in [3.05, 3.63) is 21.9 Å². The molecule has 0 radical (unpaired) electrons. The highest BCUT2D eigenvalue weighted by atomic mass is 32.1. The van der Waals surface area contributed by atoms with Gasteiger partial charge in [-0.25, -0.2) is 4.79 Å². The number of piperidine rings is 1. The summed E-state index contributed by atoms with van der Waals surface area (Å²) in [5, 5.41) is 8.91. The van der Waals surface area contributed by atoms with E-state index in [4.69, 9.17) is 5.11 Å². The Bertz CT molecular complexity index is 513. The molecule has 2 rings (SSSR count). The fourth-order valence-corrected chi connectivity index (χ4v) is 3.33. The van der Waals surface area contributed by atoms with Gasteiger partial charge in [-0.3, -0.25) is 4.79 Å². The zero-order chi connectivity index (χ0) is 14.9. The molecule has 0 atom stereocenters. The van der Waals surface area contributed by atoms with E-state index in [0.29, 0.717) is 16.2 Å². The molecule has 1 N–H and O–H groups in total. The zero-order valence-electron chi connectivity index (χ0n) is 12.2. The van der Waals surface area contributed by atoms with Crippen LogP contribution < -0.4 is 0 Å². The van der Waals surface area contributed by atoms with Crippen LogP contribution in [0.1, 0.15) is 53.0 Å². The molecule has 20 heavy (non-hydrogen) atoms. The maximum atomic E-state index is 12.4. The van der Waals surface area contributed by atoms with Gasteiger partial charge in [0.15, 0.2) is 0 Å². The number of aromatic carboxylic acids is 1. The summed E-state index contributed by atoms with van der Waals surface area (Å²) < 4.78 is 0. The first-order valence-corrected chi connectivity index (χ1v) is 7.77. The van der Waals surface area contributed by atoms with E-state index in [2.05, 4.69) is 20.8 Å². The molecule has 2 heterocycles. The van der Waals surface area contributed by atoms with Crippen molar-refractivity contribution in [1.29, 1.82) is 0 Å². The van der Waals surface area contributed by atoms with Crippen molar-refractivity contribution in [2.45, 2.75) is 33.6 Å². The lowest BCUT2D eigenvalue weighted by Crippen LogP contribution is -2.43. The van der Waals surface area contributed by atoms with Crippen molar-refractivity contribution in [2.24, 2.45) is 11.3 Å². The number of rotatable bonds is 3. The minimum atomic E-state index is -0.972. The smallest absolute Gasteiger partial charge is 0.345 e. The molecule has 0 unspecified atom stereocenters. The normalized spacial score (nSPS) is 18.3. The first-order chi connectivity index (χ1) is 9.33. The van der Waals surface area contributed by atoms with E-state index in [1.807, 2.05) is 4.90 Å². The molecule has 1 aromatic heterocycles. The van der Waals surface area contributed by atoms with Gasteiger partial charge in [-0.2, -0.15) is 0 Å². The Morgan fingerprint density at radius 2 is 1.80 bits per heavy atom. The monoisotopic (exact) mass is 295 g/mol. The van der Waals surface area contributed by atoms with Gasteiger partial charge in [0.25, 0.3) is 5.91 Å². The van der Waals surface area contributed by atoms with Crippen molar-refractivity contribution in [1.82, 2.24) is 4.90 Å². The van der Waals surface area contributed by atoms with Crippen LogP contribution >= 0.6 is 11.3 Å². The highest BCUT2D eigenvalue weighted by molar-refractivity contribution is 7.15. The lowest BCUT2D eigenvalue weighted by molar-refractivity contribution is 0.0512. The topological polar surface area (TPSA) is 57.6 Å². The Labute approximate surface area is 123 Å². The first kappa shape index (κ1) is 15.0. The van der Waals surface area contributed by atoms with Crippen LogP contribution in [-0.4, -0.2) is 35.0 Å². The zero-order valence-corrected chi connectivity index (χ0v) is 13.0. The van der Waals surface area contributed by atoms with Crippen molar-refractivity contribution in [2.75, 3.05) is 13.1 Å². The van der Waals surface area contributed by atoms with Crippen LogP contribution in [0.3, 0.4) is 0 Å². The third-order valence-electron chi connectivity index (χ3n) is 4.61. The molecule has 0 bridgehead atoms. The van der Waals surface area contributed by atoms with Gasteiger partial charge in [-0.05, 0) is 36.3 Å². The predicted molar refractivity (Wildman–Crippen MR) is 79.4 cm³/mol. The highest BCUT2D eigenvalue weighted by Crippen LogP contribution is 2.38. The number of carboxylic acids is 1.